The molecule has 0 nitrogen and oxygen atoms in total. The summed E-state index contributed by atoms with van der Waals surface area (Å²) in [6, 6.07) is 0. The second kappa shape index (κ2) is 7.30. The van der Waals surface area contributed by atoms with E-state index in [1.807, 2.05) is 12.2 Å². The van der Waals surface area contributed by atoms with Crippen LogP contribution >= 0.6 is 0 Å². The van der Waals surface area contributed by atoms with E-state index in [1.165, 1.54) is 6.42 Å². The van der Waals surface area contributed by atoms with Crippen LogP contribution in [0.15, 0.2) is 23.6 Å². The van der Waals surface area contributed by atoms with Gasteiger partial charge in [-0.25, -0.2) is 0 Å². The van der Waals surface area contributed by atoms with E-state index in [0.717, 1.165) is 12.8 Å². The Hall–Kier alpha value is -0.700. The largest absolute Gasteiger partial charge is 0.0750 e. The highest BCUT2D eigenvalue weighted by atomic mass is 13.7. The van der Waals surface area contributed by atoms with Gasteiger partial charge >= 0.3 is 0 Å². The van der Waals surface area contributed by atoms with E-state index >= 15 is 0 Å². The molecule has 0 saturated carbocycles. The third-order valence-electron chi connectivity index (χ3n) is 0.925. The van der Waals surface area contributed by atoms with Crippen molar-refractivity contribution in [3.63, 3.8) is 0 Å². The van der Waals surface area contributed by atoms with Gasteiger partial charge in [0.15, 0.2) is 0 Å². The maximum Gasteiger partial charge on any atom is -0.0271 e. The summed E-state index contributed by atoms with van der Waals surface area (Å²) in [4.78, 5) is 0. The number of hydrogen-bond acceptors (Lipinski definition) is 0. The Kier molecular flexibility index (Phi) is 6.73. The Morgan fingerprint density at radius 3 is 2.33 bits per heavy atom. The Labute approximate surface area is 57.6 Å². The normalized spacial score (nSPS) is 7.33. The van der Waals surface area contributed by atoms with Gasteiger partial charge < -0.3 is 0 Å². The molecule has 0 aliphatic carbocycles. The number of rotatable bonds is 3. The molecule has 0 amide bonds. The van der Waals surface area contributed by atoms with Gasteiger partial charge in [-0.2, -0.15) is 0 Å². The molecule has 0 heterocycles. The predicted molar refractivity (Wildman–Crippen MR) is 41.4 cm³/mol. The van der Waals surface area contributed by atoms with Crippen molar-refractivity contribution < 1.29 is 0 Å². The molecule has 0 radical (unpaired) electrons. The first-order valence-electron chi connectivity index (χ1n) is 3.56. The van der Waals surface area contributed by atoms with Gasteiger partial charge in [0.2, 0.25) is 0 Å². The highest BCUT2D eigenvalue weighted by Crippen LogP contribution is 1.84. The molecule has 0 aliphatic rings. The maximum absolute atomic E-state index is 2.96. The van der Waals surface area contributed by atoms with Gasteiger partial charge in [0.05, 0.1) is 0 Å². The molecule has 0 bridgehead atoms. The van der Waals surface area contributed by atoms with Crippen molar-refractivity contribution >= 4 is 0 Å². The van der Waals surface area contributed by atoms with Crippen LogP contribution < -0.4 is 0 Å². The molecule has 0 heteroatoms. The summed E-state index contributed by atoms with van der Waals surface area (Å²) in [5.74, 6) is 0. The Bertz CT molecular complexity index is 130. The van der Waals surface area contributed by atoms with Gasteiger partial charge in [0, 0.05) is 0 Å². The van der Waals surface area contributed by atoms with Crippen LogP contribution in [0, 0.1) is 0 Å². The van der Waals surface area contributed by atoms with E-state index < -0.39 is 0 Å². The fraction of sp³-hybridized carbons (Fsp3) is 0.556. The minimum Gasteiger partial charge on any atom is -0.0750 e. The van der Waals surface area contributed by atoms with Gasteiger partial charge in [-0.15, -0.1) is 0 Å². The fourth-order valence-corrected chi connectivity index (χ4v) is 0.436. The lowest BCUT2D eigenvalue weighted by Crippen LogP contribution is -1.54. The van der Waals surface area contributed by atoms with Crippen molar-refractivity contribution in [1.82, 2.24) is 0 Å². The molecule has 0 aromatic carbocycles. The van der Waals surface area contributed by atoms with E-state index in [1.54, 1.807) is 0 Å². The number of unbranched alkanes of at least 4 members (excludes halogenated alkanes) is 1. The lowest BCUT2D eigenvalue weighted by atomic mass is 10.3. The predicted octanol–water partition coefficient (Wildman–Crippen LogP) is 3.06. The molecular weight excluding hydrogens is 108 g/mol. The molecule has 0 aromatic rings. The van der Waals surface area contributed by atoms with Crippen molar-refractivity contribution in [3.05, 3.63) is 23.6 Å². The minimum absolute atomic E-state index is 1.05. The molecule has 0 unspecified atom stereocenters. The van der Waals surface area contributed by atoms with Gasteiger partial charge in [0.25, 0.3) is 0 Å². The SMILES string of the molecule is CCC=C=C=CCCC. The summed E-state index contributed by atoms with van der Waals surface area (Å²) in [5, 5.41) is 0. The molecule has 0 rings (SSSR count). The smallest absolute Gasteiger partial charge is 0.0271 e. The topological polar surface area (TPSA) is 0 Å². The molecule has 0 N–H and O–H groups in total. The average Bonchev–Trinajstić information content (AvgIpc) is 1.89. The van der Waals surface area contributed by atoms with E-state index in [2.05, 4.69) is 25.3 Å². The Morgan fingerprint density at radius 1 is 1.11 bits per heavy atom. The standard InChI is InChI=1S/C9H14/c1-3-5-7-9-8-6-4-2/h5,8H,3-4,6H2,1-2H3. The average molecular weight is 122 g/mol. The van der Waals surface area contributed by atoms with Crippen molar-refractivity contribution in [2.24, 2.45) is 0 Å². The van der Waals surface area contributed by atoms with Gasteiger partial charge in [0.1, 0.15) is 0 Å². The second-order valence-electron chi connectivity index (χ2n) is 1.89. The quantitative estimate of drug-likeness (QED) is 0.505. The van der Waals surface area contributed by atoms with Crippen LogP contribution in [-0.4, -0.2) is 0 Å². The van der Waals surface area contributed by atoms with Gasteiger partial charge in [-0.05, 0) is 25.0 Å². The first-order valence-corrected chi connectivity index (χ1v) is 3.56. The fourth-order valence-electron chi connectivity index (χ4n) is 0.436. The second-order valence-corrected chi connectivity index (χ2v) is 1.89. The van der Waals surface area contributed by atoms with Crippen LogP contribution in [0.2, 0.25) is 0 Å². The molecule has 50 valence electrons. The summed E-state index contributed by atoms with van der Waals surface area (Å²) in [5.41, 5.74) is 5.90. The van der Waals surface area contributed by atoms with Crippen molar-refractivity contribution in [2.75, 3.05) is 0 Å². The van der Waals surface area contributed by atoms with E-state index in [0.29, 0.717) is 0 Å². The Balaban J connectivity index is 3.53. The Morgan fingerprint density at radius 2 is 1.78 bits per heavy atom. The van der Waals surface area contributed by atoms with Crippen molar-refractivity contribution in [2.45, 2.75) is 33.1 Å². The maximum atomic E-state index is 2.96. The van der Waals surface area contributed by atoms with Crippen LogP contribution in [0.3, 0.4) is 0 Å². The zero-order valence-electron chi connectivity index (χ0n) is 6.28. The van der Waals surface area contributed by atoms with Gasteiger partial charge in [-0.1, -0.05) is 31.7 Å². The number of allylic oxidation sites excluding steroid dienone is 2. The van der Waals surface area contributed by atoms with Crippen LogP contribution in [0.1, 0.15) is 33.1 Å². The molecule has 0 aliphatic heterocycles. The summed E-state index contributed by atoms with van der Waals surface area (Å²) in [6.45, 7) is 4.25. The lowest BCUT2D eigenvalue weighted by Gasteiger charge is -1.73. The van der Waals surface area contributed by atoms with Crippen molar-refractivity contribution in [1.29, 1.82) is 0 Å². The molecule has 0 spiro atoms. The minimum atomic E-state index is 1.05. The molecule has 0 atom stereocenters. The van der Waals surface area contributed by atoms with E-state index in [9.17, 15) is 0 Å². The molecule has 0 fully saturated rings. The van der Waals surface area contributed by atoms with Crippen LogP contribution in [0.4, 0.5) is 0 Å². The molecule has 0 saturated heterocycles. The van der Waals surface area contributed by atoms with Crippen LogP contribution in [-0.2, 0) is 0 Å². The summed E-state index contributed by atoms with van der Waals surface area (Å²) in [6.07, 6.45) is 7.36. The summed E-state index contributed by atoms with van der Waals surface area (Å²) >= 11 is 0. The van der Waals surface area contributed by atoms with Crippen LogP contribution in [0.25, 0.3) is 0 Å². The highest BCUT2D eigenvalue weighted by molar-refractivity contribution is 4.85. The number of hydrogen-bond donors (Lipinski definition) is 0. The first kappa shape index (κ1) is 8.30. The highest BCUT2D eigenvalue weighted by Gasteiger charge is 1.65. The van der Waals surface area contributed by atoms with E-state index in [-0.39, 0.29) is 0 Å². The zero-order valence-corrected chi connectivity index (χ0v) is 6.28. The van der Waals surface area contributed by atoms with Crippen molar-refractivity contribution in [3.8, 4) is 0 Å². The first-order chi connectivity index (χ1) is 4.41. The molecular formula is C9H14. The third-order valence-corrected chi connectivity index (χ3v) is 0.925. The van der Waals surface area contributed by atoms with Crippen LogP contribution in [0.5, 0.6) is 0 Å². The molecule has 9 heavy (non-hydrogen) atoms. The summed E-state index contributed by atoms with van der Waals surface area (Å²) in [7, 11) is 0. The van der Waals surface area contributed by atoms with Gasteiger partial charge in [-0.3, -0.25) is 0 Å². The third kappa shape index (κ3) is 7.30. The molecule has 0 aromatic heterocycles. The lowest BCUT2D eigenvalue weighted by molar-refractivity contribution is 0.960. The zero-order chi connectivity index (χ0) is 6.95. The summed E-state index contributed by atoms with van der Waals surface area (Å²) < 4.78 is 0. The monoisotopic (exact) mass is 122 g/mol. The van der Waals surface area contributed by atoms with E-state index in [4.69, 9.17) is 0 Å².